The van der Waals surface area contributed by atoms with E-state index in [0.717, 1.165) is 16.9 Å². The molecule has 0 saturated heterocycles. The molecule has 0 aromatic heterocycles. The molecule has 2 atom stereocenters. The van der Waals surface area contributed by atoms with E-state index in [2.05, 4.69) is 0 Å². The van der Waals surface area contributed by atoms with E-state index >= 15 is 0 Å². The molecule has 0 fully saturated rings. The Morgan fingerprint density at radius 1 is 1.16 bits per heavy atom. The molecule has 1 aliphatic heterocycles. The molecular formula is C16H16O3. The standard InChI is InChI=1S/C16H16O3/c1-18-14-8-4-3-7-12(14)16(17)13-10-19-15-9-5-2-6-11(13)15/h2-9,13,16-17H,10H2,1H3. The van der Waals surface area contributed by atoms with Gasteiger partial charge in [0.25, 0.3) is 0 Å². The van der Waals surface area contributed by atoms with E-state index < -0.39 is 6.10 Å². The smallest absolute Gasteiger partial charge is 0.124 e. The minimum Gasteiger partial charge on any atom is -0.496 e. The first-order valence-corrected chi connectivity index (χ1v) is 6.34. The summed E-state index contributed by atoms with van der Waals surface area (Å²) < 4.78 is 10.9. The molecule has 2 aromatic rings. The second-order valence-corrected chi connectivity index (χ2v) is 4.64. The maximum absolute atomic E-state index is 10.6. The van der Waals surface area contributed by atoms with Crippen molar-refractivity contribution in [1.82, 2.24) is 0 Å². The van der Waals surface area contributed by atoms with Gasteiger partial charge in [0.05, 0.1) is 25.7 Å². The second-order valence-electron chi connectivity index (χ2n) is 4.64. The minimum atomic E-state index is -0.625. The summed E-state index contributed by atoms with van der Waals surface area (Å²) in [7, 11) is 1.62. The van der Waals surface area contributed by atoms with Gasteiger partial charge in [-0.15, -0.1) is 0 Å². The Morgan fingerprint density at radius 3 is 2.74 bits per heavy atom. The molecule has 2 unspecified atom stereocenters. The molecular weight excluding hydrogens is 240 g/mol. The van der Waals surface area contributed by atoms with Crippen molar-refractivity contribution in [3.8, 4) is 11.5 Å². The minimum absolute atomic E-state index is 0.0486. The molecule has 0 radical (unpaired) electrons. The van der Waals surface area contributed by atoms with Crippen molar-refractivity contribution >= 4 is 0 Å². The van der Waals surface area contributed by atoms with Crippen LogP contribution < -0.4 is 9.47 Å². The van der Waals surface area contributed by atoms with Crippen LogP contribution in [0.5, 0.6) is 11.5 Å². The molecule has 3 rings (SSSR count). The Balaban J connectivity index is 1.95. The molecule has 98 valence electrons. The third kappa shape index (κ3) is 2.06. The fourth-order valence-electron chi connectivity index (χ4n) is 2.58. The number of para-hydroxylation sites is 2. The Labute approximate surface area is 112 Å². The van der Waals surface area contributed by atoms with Crippen LogP contribution in [-0.4, -0.2) is 18.8 Å². The molecule has 1 heterocycles. The van der Waals surface area contributed by atoms with Crippen molar-refractivity contribution in [2.75, 3.05) is 13.7 Å². The largest absolute Gasteiger partial charge is 0.496 e. The summed E-state index contributed by atoms with van der Waals surface area (Å²) in [5, 5.41) is 10.6. The third-order valence-electron chi connectivity index (χ3n) is 3.58. The summed E-state index contributed by atoms with van der Waals surface area (Å²) in [5.41, 5.74) is 1.86. The van der Waals surface area contributed by atoms with Gasteiger partial charge in [-0.1, -0.05) is 36.4 Å². The van der Waals surface area contributed by atoms with E-state index in [1.165, 1.54) is 0 Å². The SMILES string of the molecule is COc1ccccc1C(O)C1COc2ccccc21. The maximum atomic E-state index is 10.6. The summed E-state index contributed by atoms with van der Waals surface area (Å²) >= 11 is 0. The Hall–Kier alpha value is -2.00. The topological polar surface area (TPSA) is 38.7 Å². The van der Waals surface area contributed by atoms with Crippen LogP contribution in [0.25, 0.3) is 0 Å². The van der Waals surface area contributed by atoms with Crippen molar-refractivity contribution in [2.24, 2.45) is 0 Å². The highest BCUT2D eigenvalue weighted by atomic mass is 16.5. The van der Waals surface area contributed by atoms with Crippen LogP contribution in [-0.2, 0) is 0 Å². The molecule has 0 amide bonds. The second kappa shape index (κ2) is 4.94. The summed E-state index contributed by atoms with van der Waals surface area (Å²) in [5.74, 6) is 1.52. The summed E-state index contributed by atoms with van der Waals surface area (Å²) in [6, 6.07) is 15.4. The van der Waals surface area contributed by atoms with Crippen LogP contribution >= 0.6 is 0 Å². The summed E-state index contributed by atoms with van der Waals surface area (Å²) in [6.45, 7) is 0.499. The van der Waals surface area contributed by atoms with Crippen LogP contribution in [0, 0.1) is 0 Å². The summed E-state index contributed by atoms with van der Waals surface area (Å²) in [4.78, 5) is 0. The third-order valence-corrected chi connectivity index (χ3v) is 3.58. The lowest BCUT2D eigenvalue weighted by Gasteiger charge is -2.19. The molecule has 1 N–H and O–H groups in total. The molecule has 0 bridgehead atoms. The zero-order valence-corrected chi connectivity index (χ0v) is 10.7. The highest BCUT2D eigenvalue weighted by Gasteiger charge is 2.32. The molecule has 3 nitrogen and oxygen atoms in total. The van der Waals surface area contributed by atoms with Crippen molar-refractivity contribution in [2.45, 2.75) is 12.0 Å². The average molecular weight is 256 g/mol. The van der Waals surface area contributed by atoms with E-state index in [0.29, 0.717) is 12.4 Å². The van der Waals surface area contributed by atoms with Crippen LogP contribution in [0.2, 0.25) is 0 Å². The van der Waals surface area contributed by atoms with Gasteiger partial charge in [0, 0.05) is 11.1 Å². The summed E-state index contributed by atoms with van der Waals surface area (Å²) in [6.07, 6.45) is -0.625. The van der Waals surface area contributed by atoms with Gasteiger partial charge in [-0.3, -0.25) is 0 Å². The number of aliphatic hydroxyl groups excluding tert-OH is 1. The van der Waals surface area contributed by atoms with Gasteiger partial charge >= 0.3 is 0 Å². The fraction of sp³-hybridized carbons (Fsp3) is 0.250. The molecule has 0 aliphatic carbocycles. The zero-order valence-electron chi connectivity index (χ0n) is 10.7. The predicted molar refractivity (Wildman–Crippen MR) is 72.6 cm³/mol. The molecule has 0 saturated carbocycles. The molecule has 0 spiro atoms. The van der Waals surface area contributed by atoms with Gasteiger partial charge in [-0.05, 0) is 12.1 Å². The number of ether oxygens (including phenoxy) is 2. The Morgan fingerprint density at radius 2 is 1.89 bits per heavy atom. The van der Waals surface area contributed by atoms with Crippen molar-refractivity contribution in [3.05, 3.63) is 59.7 Å². The van der Waals surface area contributed by atoms with Gasteiger partial charge in [0.15, 0.2) is 0 Å². The average Bonchev–Trinajstić information content (AvgIpc) is 2.90. The van der Waals surface area contributed by atoms with E-state index in [4.69, 9.17) is 9.47 Å². The van der Waals surface area contributed by atoms with Gasteiger partial charge < -0.3 is 14.6 Å². The van der Waals surface area contributed by atoms with Gasteiger partial charge in [-0.25, -0.2) is 0 Å². The number of methoxy groups -OCH3 is 1. The number of hydrogen-bond acceptors (Lipinski definition) is 3. The number of benzene rings is 2. The quantitative estimate of drug-likeness (QED) is 0.917. The number of fused-ring (bicyclic) bond motifs is 1. The van der Waals surface area contributed by atoms with Crippen molar-refractivity contribution < 1.29 is 14.6 Å². The van der Waals surface area contributed by atoms with Gasteiger partial charge in [0.2, 0.25) is 0 Å². The molecule has 19 heavy (non-hydrogen) atoms. The monoisotopic (exact) mass is 256 g/mol. The normalized spacial score (nSPS) is 18.5. The first-order chi connectivity index (χ1) is 9.31. The molecule has 2 aromatic carbocycles. The van der Waals surface area contributed by atoms with Gasteiger partial charge in [-0.2, -0.15) is 0 Å². The molecule has 1 aliphatic rings. The van der Waals surface area contributed by atoms with E-state index in [9.17, 15) is 5.11 Å². The fourth-order valence-corrected chi connectivity index (χ4v) is 2.58. The lowest BCUT2D eigenvalue weighted by atomic mass is 9.90. The Bertz CT molecular complexity index is 580. The van der Waals surface area contributed by atoms with E-state index in [-0.39, 0.29) is 5.92 Å². The van der Waals surface area contributed by atoms with Gasteiger partial charge in [0.1, 0.15) is 11.5 Å². The van der Waals surface area contributed by atoms with Crippen LogP contribution in [0.4, 0.5) is 0 Å². The maximum Gasteiger partial charge on any atom is 0.124 e. The van der Waals surface area contributed by atoms with Crippen LogP contribution in [0.15, 0.2) is 48.5 Å². The van der Waals surface area contributed by atoms with Crippen LogP contribution in [0.3, 0.4) is 0 Å². The predicted octanol–water partition coefficient (Wildman–Crippen LogP) is 2.90. The Kier molecular flexibility index (Phi) is 3.13. The lowest BCUT2D eigenvalue weighted by Crippen LogP contribution is -2.13. The van der Waals surface area contributed by atoms with Crippen molar-refractivity contribution in [1.29, 1.82) is 0 Å². The van der Waals surface area contributed by atoms with Crippen LogP contribution in [0.1, 0.15) is 23.1 Å². The zero-order chi connectivity index (χ0) is 13.2. The first kappa shape index (κ1) is 12.1. The number of rotatable bonds is 3. The van der Waals surface area contributed by atoms with E-state index in [1.807, 2.05) is 48.5 Å². The van der Waals surface area contributed by atoms with Crippen molar-refractivity contribution in [3.63, 3.8) is 0 Å². The first-order valence-electron chi connectivity index (χ1n) is 6.34. The highest BCUT2D eigenvalue weighted by molar-refractivity contribution is 5.44. The number of hydrogen-bond donors (Lipinski definition) is 1. The molecule has 3 heteroatoms. The number of aliphatic hydroxyl groups is 1. The highest BCUT2D eigenvalue weighted by Crippen LogP contribution is 2.42. The lowest BCUT2D eigenvalue weighted by molar-refractivity contribution is 0.127. The van der Waals surface area contributed by atoms with E-state index in [1.54, 1.807) is 7.11 Å².